The van der Waals surface area contributed by atoms with E-state index >= 15 is 0 Å². The van der Waals surface area contributed by atoms with Crippen molar-refractivity contribution in [1.82, 2.24) is 4.90 Å². The maximum atomic E-state index is 12.2. The fraction of sp³-hybridized carbons (Fsp3) is 0.933. The molecule has 2 fully saturated rings. The van der Waals surface area contributed by atoms with E-state index in [0.29, 0.717) is 11.8 Å². The third-order valence-corrected chi connectivity index (χ3v) is 4.64. The Balaban J connectivity index is 1.66. The first-order valence-corrected chi connectivity index (χ1v) is 7.56. The maximum Gasteiger partial charge on any atom is 0.222 e. The van der Waals surface area contributed by atoms with Gasteiger partial charge in [-0.2, -0.15) is 0 Å². The van der Waals surface area contributed by atoms with Crippen LogP contribution in [0, 0.1) is 11.8 Å². The summed E-state index contributed by atoms with van der Waals surface area (Å²) in [5, 5.41) is 0. The quantitative estimate of drug-likeness (QED) is 0.754. The van der Waals surface area contributed by atoms with Gasteiger partial charge in [0, 0.05) is 33.2 Å². The van der Waals surface area contributed by atoms with Crippen molar-refractivity contribution in [2.75, 3.05) is 26.8 Å². The highest BCUT2D eigenvalue weighted by Crippen LogP contribution is 2.29. The van der Waals surface area contributed by atoms with Crippen molar-refractivity contribution in [2.45, 2.75) is 51.4 Å². The molecule has 1 aliphatic carbocycles. The van der Waals surface area contributed by atoms with Crippen molar-refractivity contribution in [1.29, 1.82) is 0 Å². The van der Waals surface area contributed by atoms with Crippen molar-refractivity contribution >= 4 is 5.91 Å². The van der Waals surface area contributed by atoms with Crippen LogP contribution in [0.2, 0.25) is 0 Å². The SMILES string of the molecule is COCCC1CCN(C(=O)CC2CCCC2)CC1. The van der Waals surface area contributed by atoms with E-state index in [9.17, 15) is 4.79 Å². The number of ether oxygens (including phenoxy) is 1. The van der Waals surface area contributed by atoms with Gasteiger partial charge in [0.15, 0.2) is 0 Å². The van der Waals surface area contributed by atoms with Crippen LogP contribution >= 0.6 is 0 Å². The first kappa shape index (κ1) is 13.9. The molecule has 0 aromatic heterocycles. The average Bonchev–Trinajstić information content (AvgIpc) is 2.89. The largest absolute Gasteiger partial charge is 0.385 e. The lowest BCUT2D eigenvalue weighted by Gasteiger charge is -2.32. The molecule has 0 unspecified atom stereocenters. The van der Waals surface area contributed by atoms with Crippen LogP contribution in [0.1, 0.15) is 51.4 Å². The summed E-state index contributed by atoms with van der Waals surface area (Å²) in [5.41, 5.74) is 0. The fourth-order valence-electron chi connectivity index (χ4n) is 3.35. The van der Waals surface area contributed by atoms with E-state index in [2.05, 4.69) is 4.90 Å². The molecule has 0 aromatic carbocycles. The first-order valence-electron chi connectivity index (χ1n) is 7.56. The first-order chi connectivity index (χ1) is 8.79. The molecule has 2 aliphatic rings. The predicted octanol–water partition coefficient (Wildman–Crippen LogP) is 2.84. The number of nitrogens with zero attached hydrogens (tertiary/aromatic N) is 1. The summed E-state index contributed by atoms with van der Waals surface area (Å²) in [5.74, 6) is 1.86. The van der Waals surface area contributed by atoms with Crippen LogP contribution in [-0.2, 0) is 9.53 Å². The minimum absolute atomic E-state index is 0.409. The number of piperidine rings is 1. The van der Waals surface area contributed by atoms with Crippen LogP contribution in [-0.4, -0.2) is 37.6 Å². The monoisotopic (exact) mass is 253 g/mol. The Bertz CT molecular complexity index is 253. The minimum atomic E-state index is 0.409. The standard InChI is InChI=1S/C15H27NO2/c1-18-11-8-13-6-9-16(10-7-13)15(17)12-14-4-2-3-5-14/h13-14H,2-12H2,1H3. The van der Waals surface area contributed by atoms with Crippen LogP contribution in [0.25, 0.3) is 0 Å². The Morgan fingerprint density at radius 1 is 1.11 bits per heavy atom. The molecule has 2 rings (SSSR count). The summed E-state index contributed by atoms with van der Waals surface area (Å²) < 4.78 is 5.13. The lowest BCUT2D eigenvalue weighted by atomic mass is 9.93. The van der Waals surface area contributed by atoms with Gasteiger partial charge in [-0.1, -0.05) is 12.8 Å². The second-order valence-electron chi connectivity index (χ2n) is 5.96. The Hall–Kier alpha value is -0.570. The summed E-state index contributed by atoms with van der Waals surface area (Å²) in [6.07, 6.45) is 9.50. The van der Waals surface area contributed by atoms with E-state index in [4.69, 9.17) is 4.74 Å². The number of rotatable bonds is 5. The van der Waals surface area contributed by atoms with Gasteiger partial charge in [-0.3, -0.25) is 4.79 Å². The van der Waals surface area contributed by atoms with Crippen molar-refractivity contribution in [3.05, 3.63) is 0 Å². The van der Waals surface area contributed by atoms with E-state index in [1.165, 1.54) is 38.5 Å². The van der Waals surface area contributed by atoms with Crippen LogP contribution in [0.5, 0.6) is 0 Å². The number of carbonyl (C=O) groups excluding carboxylic acids is 1. The van der Waals surface area contributed by atoms with Gasteiger partial charge < -0.3 is 9.64 Å². The third-order valence-electron chi connectivity index (χ3n) is 4.64. The summed E-state index contributed by atoms with van der Waals surface area (Å²) in [4.78, 5) is 14.3. The predicted molar refractivity (Wildman–Crippen MR) is 72.4 cm³/mol. The molecule has 1 saturated heterocycles. The molecule has 1 amide bonds. The fourth-order valence-corrected chi connectivity index (χ4v) is 3.35. The Morgan fingerprint density at radius 3 is 2.39 bits per heavy atom. The summed E-state index contributed by atoms with van der Waals surface area (Å²) in [7, 11) is 1.76. The van der Waals surface area contributed by atoms with Gasteiger partial charge in [0.2, 0.25) is 5.91 Å². The lowest BCUT2D eigenvalue weighted by Crippen LogP contribution is -2.39. The number of amides is 1. The number of hydrogen-bond donors (Lipinski definition) is 0. The summed E-state index contributed by atoms with van der Waals surface area (Å²) in [6.45, 7) is 2.81. The maximum absolute atomic E-state index is 12.2. The second kappa shape index (κ2) is 7.13. The molecule has 1 aliphatic heterocycles. The molecule has 0 N–H and O–H groups in total. The third kappa shape index (κ3) is 3.98. The van der Waals surface area contributed by atoms with Gasteiger partial charge in [0.1, 0.15) is 0 Å². The van der Waals surface area contributed by atoms with Gasteiger partial charge in [-0.05, 0) is 43.9 Å². The molecule has 1 saturated carbocycles. The summed E-state index contributed by atoms with van der Waals surface area (Å²) >= 11 is 0. The highest BCUT2D eigenvalue weighted by atomic mass is 16.5. The smallest absolute Gasteiger partial charge is 0.222 e. The molecule has 0 radical (unpaired) electrons. The van der Waals surface area contributed by atoms with Crippen LogP contribution in [0.4, 0.5) is 0 Å². The van der Waals surface area contributed by atoms with Crippen molar-refractivity contribution < 1.29 is 9.53 Å². The molecule has 3 heteroatoms. The molecule has 104 valence electrons. The Morgan fingerprint density at radius 2 is 1.78 bits per heavy atom. The molecule has 0 atom stereocenters. The van der Waals surface area contributed by atoms with Crippen molar-refractivity contribution in [2.24, 2.45) is 11.8 Å². The number of methoxy groups -OCH3 is 1. The number of hydrogen-bond acceptors (Lipinski definition) is 2. The van der Waals surface area contributed by atoms with Crippen LogP contribution in [0.3, 0.4) is 0 Å². The van der Waals surface area contributed by atoms with Crippen LogP contribution < -0.4 is 0 Å². The second-order valence-corrected chi connectivity index (χ2v) is 5.96. The zero-order valence-electron chi connectivity index (χ0n) is 11.7. The highest BCUT2D eigenvalue weighted by Gasteiger charge is 2.25. The Labute approximate surface area is 111 Å². The van der Waals surface area contributed by atoms with E-state index in [0.717, 1.165) is 38.5 Å². The van der Waals surface area contributed by atoms with E-state index in [1.54, 1.807) is 7.11 Å². The number of carbonyl (C=O) groups is 1. The Kier molecular flexibility index (Phi) is 5.48. The molecule has 3 nitrogen and oxygen atoms in total. The average molecular weight is 253 g/mol. The van der Waals surface area contributed by atoms with Gasteiger partial charge >= 0.3 is 0 Å². The molecular weight excluding hydrogens is 226 g/mol. The molecule has 0 bridgehead atoms. The molecule has 0 aromatic rings. The molecule has 0 spiro atoms. The molecule has 1 heterocycles. The van der Waals surface area contributed by atoms with Gasteiger partial charge in [-0.25, -0.2) is 0 Å². The van der Waals surface area contributed by atoms with Crippen molar-refractivity contribution in [3.63, 3.8) is 0 Å². The topological polar surface area (TPSA) is 29.5 Å². The lowest BCUT2D eigenvalue weighted by molar-refractivity contribution is -0.133. The van der Waals surface area contributed by atoms with Gasteiger partial charge in [0.05, 0.1) is 0 Å². The van der Waals surface area contributed by atoms with E-state index in [-0.39, 0.29) is 0 Å². The van der Waals surface area contributed by atoms with Gasteiger partial charge in [0.25, 0.3) is 0 Å². The van der Waals surface area contributed by atoms with E-state index < -0.39 is 0 Å². The highest BCUT2D eigenvalue weighted by molar-refractivity contribution is 5.76. The number of likely N-dealkylation sites (tertiary alicyclic amines) is 1. The van der Waals surface area contributed by atoms with Crippen molar-refractivity contribution in [3.8, 4) is 0 Å². The van der Waals surface area contributed by atoms with Gasteiger partial charge in [-0.15, -0.1) is 0 Å². The van der Waals surface area contributed by atoms with E-state index in [1.807, 2.05) is 0 Å². The zero-order chi connectivity index (χ0) is 12.8. The summed E-state index contributed by atoms with van der Waals surface area (Å²) in [6, 6.07) is 0. The zero-order valence-corrected chi connectivity index (χ0v) is 11.7. The minimum Gasteiger partial charge on any atom is -0.385 e. The molecule has 18 heavy (non-hydrogen) atoms. The molecular formula is C15H27NO2. The van der Waals surface area contributed by atoms with Crippen LogP contribution in [0.15, 0.2) is 0 Å². The normalized spacial score (nSPS) is 22.6.